The van der Waals surface area contributed by atoms with Gasteiger partial charge in [-0.25, -0.2) is 8.42 Å². The Morgan fingerprint density at radius 3 is 2.63 bits per heavy atom. The number of nitrogens with zero attached hydrogens (tertiary/aromatic N) is 1. The number of rotatable bonds is 3. The molecule has 2 heterocycles. The summed E-state index contributed by atoms with van der Waals surface area (Å²) in [6, 6.07) is 3.12. The SMILES string of the molecule is Cc1ccc(S(=O)(=O)N2CCC(C(=O)O)CC2C)s1. The molecular weight excluding hydrogens is 286 g/mol. The highest BCUT2D eigenvalue weighted by Crippen LogP contribution is 2.31. The lowest BCUT2D eigenvalue weighted by atomic mass is 9.93. The molecule has 1 N–H and O–H groups in total. The van der Waals surface area contributed by atoms with E-state index in [0.29, 0.717) is 17.1 Å². The second kappa shape index (κ2) is 5.22. The fourth-order valence-electron chi connectivity index (χ4n) is 2.40. The van der Waals surface area contributed by atoms with E-state index in [0.717, 1.165) is 4.88 Å². The van der Waals surface area contributed by atoms with E-state index in [9.17, 15) is 13.2 Å². The summed E-state index contributed by atoms with van der Waals surface area (Å²) in [5.41, 5.74) is 0. The van der Waals surface area contributed by atoms with Crippen molar-refractivity contribution in [2.75, 3.05) is 6.54 Å². The molecule has 5 nitrogen and oxygen atoms in total. The second-order valence-corrected chi connectivity index (χ2v) is 8.29. The molecule has 19 heavy (non-hydrogen) atoms. The number of carboxylic acids is 1. The third kappa shape index (κ3) is 2.82. The van der Waals surface area contributed by atoms with Gasteiger partial charge >= 0.3 is 5.97 Å². The summed E-state index contributed by atoms with van der Waals surface area (Å²) >= 11 is 1.25. The van der Waals surface area contributed by atoms with E-state index in [1.54, 1.807) is 19.1 Å². The van der Waals surface area contributed by atoms with Crippen LogP contribution < -0.4 is 0 Å². The first-order chi connectivity index (χ1) is 8.82. The molecule has 0 spiro atoms. The predicted octanol–water partition coefficient (Wildman–Crippen LogP) is 1.93. The Hall–Kier alpha value is -0.920. The van der Waals surface area contributed by atoms with E-state index in [4.69, 9.17) is 5.11 Å². The number of carboxylic acid groups (broad SMARTS) is 1. The van der Waals surface area contributed by atoms with Crippen molar-refractivity contribution in [1.29, 1.82) is 0 Å². The Bertz CT molecular complexity index is 578. The topological polar surface area (TPSA) is 74.7 Å². The largest absolute Gasteiger partial charge is 0.481 e. The van der Waals surface area contributed by atoms with Gasteiger partial charge in [0.1, 0.15) is 4.21 Å². The highest BCUT2D eigenvalue weighted by atomic mass is 32.2. The maximum atomic E-state index is 12.5. The van der Waals surface area contributed by atoms with Crippen LogP contribution in [0.2, 0.25) is 0 Å². The summed E-state index contributed by atoms with van der Waals surface area (Å²) in [4.78, 5) is 11.9. The Morgan fingerprint density at radius 1 is 1.47 bits per heavy atom. The van der Waals surface area contributed by atoms with Gasteiger partial charge in [-0.3, -0.25) is 4.79 Å². The first kappa shape index (κ1) is 14.5. The summed E-state index contributed by atoms with van der Waals surface area (Å²) in [6.07, 6.45) is 0.752. The lowest BCUT2D eigenvalue weighted by Gasteiger charge is -2.34. The summed E-state index contributed by atoms with van der Waals surface area (Å²) in [5, 5.41) is 9.00. The molecule has 0 radical (unpaired) electrons. The molecule has 0 amide bonds. The number of piperidine rings is 1. The van der Waals surface area contributed by atoms with Crippen molar-refractivity contribution in [3.05, 3.63) is 17.0 Å². The molecule has 2 rings (SSSR count). The third-order valence-corrected chi connectivity index (χ3v) is 6.92. The Morgan fingerprint density at radius 2 is 2.16 bits per heavy atom. The highest BCUT2D eigenvalue weighted by molar-refractivity contribution is 7.91. The smallest absolute Gasteiger partial charge is 0.306 e. The van der Waals surface area contributed by atoms with Gasteiger partial charge in [0.05, 0.1) is 5.92 Å². The van der Waals surface area contributed by atoms with Gasteiger partial charge in [-0.2, -0.15) is 4.31 Å². The molecule has 2 atom stereocenters. The molecule has 1 saturated heterocycles. The van der Waals surface area contributed by atoms with Crippen molar-refractivity contribution in [3.8, 4) is 0 Å². The van der Waals surface area contributed by atoms with Crippen molar-refractivity contribution in [1.82, 2.24) is 4.31 Å². The molecule has 0 aromatic carbocycles. The van der Waals surface area contributed by atoms with Crippen LogP contribution in [0.1, 0.15) is 24.6 Å². The zero-order valence-corrected chi connectivity index (χ0v) is 12.5. The molecule has 7 heteroatoms. The number of hydrogen-bond acceptors (Lipinski definition) is 4. The first-order valence-electron chi connectivity index (χ1n) is 6.13. The van der Waals surface area contributed by atoms with Crippen LogP contribution in [-0.4, -0.2) is 36.4 Å². The van der Waals surface area contributed by atoms with E-state index in [-0.39, 0.29) is 12.6 Å². The minimum Gasteiger partial charge on any atom is -0.481 e. The lowest BCUT2D eigenvalue weighted by Crippen LogP contribution is -2.45. The number of aliphatic carboxylic acids is 1. The van der Waals surface area contributed by atoms with Gasteiger partial charge in [0.15, 0.2) is 0 Å². The van der Waals surface area contributed by atoms with Crippen LogP contribution in [0.5, 0.6) is 0 Å². The molecule has 106 valence electrons. The van der Waals surface area contributed by atoms with E-state index >= 15 is 0 Å². The second-order valence-electron chi connectivity index (χ2n) is 4.89. The average Bonchev–Trinajstić information content (AvgIpc) is 2.76. The monoisotopic (exact) mass is 303 g/mol. The standard InChI is InChI=1S/C12H17NO4S2/c1-8-7-10(12(14)15)5-6-13(8)19(16,17)11-4-3-9(2)18-11/h3-4,8,10H,5-7H2,1-2H3,(H,14,15). The van der Waals surface area contributed by atoms with Crippen LogP contribution in [-0.2, 0) is 14.8 Å². The molecule has 0 saturated carbocycles. The maximum Gasteiger partial charge on any atom is 0.306 e. The molecule has 1 aliphatic heterocycles. The van der Waals surface area contributed by atoms with Crippen molar-refractivity contribution < 1.29 is 18.3 Å². The summed E-state index contributed by atoms with van der Waals surface area (Å²) in [6.45, 7) is 3.91. The Kier molecular flexibility index (Phi) is 3.98. The Balaban J connectivity index is 2.21. The summed E-state index contributed by atoms with van der Waals surface area (Å²) in [5.74, 6) is -1.28. The van der Waals surface area contributed by atoms with E-state index in [1.165, 1.54) is 15.6 Å². The maximum absolute atomic E-state index is 12.5. The number of aryl methyl sites for hydroxylation is 1. The highest BCUT2D eigenvalue weighted by Gasteiger charge is 2.37. The van der Waals surface area contributed by atoms with Gasteiger partial charge in [-0.1, -0.05) is 0 Å². The number of hydrogen-bond donors (Lipinski definition) is 1. The minimum atomic E-state index is -3.48. The van der Waals surface area contributed by atoms with Crippen molar-refractivity contribution in [3.63, 3.8) is 0 Å². The molecule has 1 fully saturated rings. The number of thiophene rings is 1. The van der Waals surface area contributed by atoms with Crippen LogP contribution in [0, 0.1) is 12.8 Å². The molecular formula is C12H17NO4S2. The van der Waals surface area contributed by atoms with Gasteiger partial charge in [-0.15, -0.1) is 11.3 Å². The average molecular weight is 303 g/mol. The Labute approximate surface area is 116 Å². The third-order valence-electron chi connectivity index (χ3n) is 3.44. The van der Waals surface area contributed by atoms with E-state index in [2.05, 4.69) is 0 Å². The van der Waals surface area contributed by atoms with Crippen molar-refractivity contribution in [2.45, 2.75) is 36.9 Å². The van der Waals surface area contributed by atoms with E-state index < -0.39 is 21.9 Å². The minimum absolute atomic E-state index is 0.275. The molecule has 0 aliphatic carbocycles. The number of sulfonamides is 1. The zero-order valence-electron chi connectivity index (χ0n) is 10.9. The van der Waals surface area contributed by atoms with Gasteiger partial charge < -0.3 is 5.11 Å². The molecule has 2 unspecified atom stereocenters. The van der Waals surface area contributed by atoms with Crippen LogP contribution >= 0.6 is 11.3 Å². The van der Waals surface area contributed by atoms with Crippen molar-refractivity contribution >= 4 is 27.3 Å². The lowest BCUT2D eigenvalue weighted by molar-refractivity contribution is -0.143. The fraction of sp³-hybridized carbons (Fsp3) is 0.583. The van der Waals surface area contributed by atoms with Gasteiger partial charge in [-0.05, 0) is 38.8 Å². The summed E-state index contributed by atoms with van der Waals surface area (Å²) in [7, 11) is -3.48. The van der Waals surface area contributed by atoms with Crippen LogP contribution in [0.4, 0.5) is 0 Å². The van der Waals surface area contributed by atoms with Crippen LogP contribution in [0.3, 0.4) is 0 Å². The summed E-state index contributed by atoms with van der Waals surface area (Å²) < 4.78 is 26.7. The van der Waals surface area contributed by atoms with Gasteiger partial charge in [0.2, 0.25) is 0 Å². The molecule has 1 aromatic heterocycles. The quantitative estimate of drug-likeness (QED) is 0.926. The first-order valence-corrected chi connectivity index (χ1v) is 8.39. The van der Waals surface area contributed by atoms with Crippen LogP contribution in [0.25, 0.3) is 0 Å². The normalized spacial score (nSPS) is 25.4. The molecule has 1 aliphatic rings. The van der Waals surface area contributed by atoms with Gasteiger partial charge in [0.25, 0.3) is 10.0 Å². The number of carbonyl (C=O) groups is 1. The predicted molar refractivity (Wildman–Crippen MR) is 72.8 cm³/mol. The van der Waals surface area contributed by atoms with Crippen molar-refractivity contribution in [2.24, 2.45) is 5.92 Å². The fourth-order valence-corrected chi connectivity index (χ4v) is 5.47. The molecule has 0 bridgehead atoms. The van der Waals surface area contributed by atoms with E-state index in [1.807, 2.05) is 6.92 Å². The molecule has 1 aromatic rings. The van der Waals surface area contributed by atoms with Crippen LogP contribution in [0.15, 0.2) is 16.3 Å². The zero-order chi connectivity index (χ0) is 14.2. The van der Waals surface area contributed by atoms with Gasteiger partial charge in [0, 0.05) is 17.5 Å².